The molecule has 5 heteroatoms. The number of rotatable bonds is 3. The lowest BCUT2D eigenvalue weighted by Crippen LogP contribution is -2.56. The average molecular weight is 344 g/mol. The van der Waals surface area contributed by atoms with Gasteiger partial charge in [0.25, 0.3) is 5.91 Å². The third-order valence-corrected chi connectivity index (χ3v) is 4.86. The van der Waals surface area contributed by atoms with Gasteiger partial charge in [0.05, 0.1) is 5.54 Å². The number of carboxylic acid groups (broad SMARTS) is 1. The van der Waals surface area contributed by atoms with Gasteiger partial charge in [-0.25, -0.2) is 0 Å². The second-order valence-corrected chi connectivity index (χ2v) is 6.97. The molecule has 0 aliphatic carbocycles. The number of aliphatic carboxylic acids is 1. The van der Waals surface area contributed by atoms with Crippen LogP contribution in [0, 0.1) is 0 Å². The molecule has 1 heterocycles. The van der Waals surface area contributed by atoms with Crippen molar-refractivity contribution in [1.29, 1.82) is 0 Å². The maximum absolute atomic E-state index is 13.0. The molecule has 1 aliphatic heterocycles. The number of benzene rings is 2. The zero-order valence-corrected chi connectivity index (χ0v) is 14.2. The molecular formula is C19H18ClNO3. The van der Waals surface area contributed by atoms with Crippen LogP contribution in [0.5, 0.6) is 0 Å². The van der Waals surface area contributed by atoms with Crippen LogP contribution in [0.1, 0.15) is 41.3 Å². The van der Waals surface area contributed by atoms with Crippen LogP contribution in [0.2, 0.25) is 5.02 Å². The Bertz CT molecular complexity index is 816. The first-order chi connectivity index (χ1) is 11.3. The summed E-state index contributed by atoms with van der Waals surface area (Å²) in [5.41, 5.74) is 1.03. The van der Waals surface area contributed by atoms with Gasteiger partial charge in [-0.2, -0.15) is 0 Å². The number of carbonyl (C=O) groups excluding carboxylic acids is 1. The van der Waals surface area contributed by atoms with E-state index in [-0.39, 0.29) is 5.91 Å². The van der Waals surface area contributed by atoms with Gasteiger partial charge in [0, 0.05) is 17.1 Å². The molecule has 1 N–H and O–H groups in total. The lowest BCUT2D eigenvalue weighted by Gasteiger charge is -2.46. The monoisotopic (exact) mass is 343 g/mol. The van der Waals surface area contributed by atoms with Gasteiger partial charge in [0.2, 0.25) is 0 Å². The Morgan fingerprint density at radius 1 is 1.21 bits per heavy atom. The SMILES string of the molecule is CC1(C)C(C(=O)O)c2ccccc2C(=O)N1Cc1cccc(Cl)c1. The molecule has 2 aromatic rings. The number of amides is 1. The van der Waals surface area contributed by atoms with Gasteiger partial charge >= 0.3 is 5.97 Å². The van der Waals surface area contributed by atoms with Crippen LogP contribution >= 0.6 is 11.6 Å². The van der Waals surface area contributed by atoms with Gasteiger partial charge in [0.15, 0.2) is 0 Å². The molecule has 1 amide bonds. The average Bonchev–Trinajstić information content (AvgIpc) is 2.51. The summed E-state index contributed by atoms with van der Waals surface area (Å²) in [4.78, 5) is 26.5. The quantitative estimate of drug-likeness (QED) is 0.918. The predicted molar refractivity (Wildman–Crippen MR) is 92.2 cm³/mol. The van der Waals surface area contributed by atoms with Crippen molar-refractivity contribution < 1.29 is 14.7 Å². The Morgan fingerprint density at radius 3 is 2.58 bits per heavy atom. The summed E-state index contributed by atoms with van der Waals surface area (Å²) in [7, 11) is 0. The first-order valence-corrected chi connectivity index (χ1v) is 8.08. The number of hydrogen-bond donors (Lipinski definition) is 1. The normalized spacial score (nSPS) is 19.0. The molecule has 0 saturated heterocycles. The summed E-state index contributed by atoms with van der Waals surface area (Å²) < 4.78 is 0. The molecule has 0 radical (unpaired) electrons. The third kappa shape index (κ3) is 2.67. The Kier molecular flexibility index (Phi) is 4.10. The molecule has 2 aromatic carbocycles. The molecule has 1 atom stereocenters. The van der Waals surface area contributed by atoms with Crippen LogP contribution in [0.25, 0.3) is 0 Å². The first-order valence-electron chi connectivity index (χ1n) is 7.70. The van der Waals surface area contributed by atoms with Crippen molar-refractivity contribution in [2.24, 2.45) is 0 Å². The maximum atomic E-state index is 13.0. The molecule has 0 saturated carbocycles. The molecule has 1 aliphatic rings. The van der Waals surface area contributed by atoms with E-state index in [1.165, 1.54) is 0 Å². The van der Waals surface area contributed by atoms with Crippen molar-refractivity contribution in [3.05, 3.63) is 70.2 Å². The number of carboxylic acids is 1. The summed E-state index contributed by atoms with van der Waals surface area (Å²) in [6.45, 7) is 3.90. The Labute approximate surface area is 145 Å². The zero-order valence-electron chi connectivity index (χ0n) is 13.5. The van der Waals surface area contributed by atoms with Gasteiger partial charge in [0.1, 0.15) is 5.92 Å². The van der Waals surface area contributed by atoms with E-state index in [0.717, 1.165) is 5.56 Å². The predicted octanol–water partition coefficient (Wildman–Crippen LogP) is 3.94. The van der Waals surface area contributed by atoms with Crippen molar-refractivity contribution >= 4 is 23.5 Å². The van der Waals surface area contributed by atoms with Gasteiger partial charge in [-0.1, -0.05) is 41.9 Å². The Morgan fingerprint density at radius 2 is 1.92 bits per heavy atom. The molecule has 4 nitrogen and oxygen atoms in total. The Hall–Kier alpha value is -2.33. The number of carbonyl (C=O) groups is 2. The van der Waals surface area contributed by atoms with Crippen molar-refractivity contribution in [3.8, 4) is 0 Å². The standard InChI is InChI=1S/C19H18ClNO3/c1-19(2)16(18(23)24)14-8-3-4-9-15(14)17(22)21(19)11-12-6-5-7-13(20)10-12/h3-10,16H,11H2,1-2H3,(H,23,24). The molecule has 124 valence electrons. The largest absolute Gasteiger partial charge is 0.481 e. The van der Waals surface area contributed by atoms with Gasteiger partial charge < -0.3 is 10.0 Å². The van der Waals surface area contributed by atoms with Crippen LogP contribution in [-0.2, 0) is 11.3 Å². The van der Waals surface area contributed by atoms with Gasteiger partial charge in [-0.15, -0.1) is 0 Å². The van der Waals surface area contributed by atoms with Crippen LogP contribution in [0.3, 0.4) is 0 Å². The molecule has 24 heavy (non-hydrogen) atoms. The minimum absolute atomic E-state index is 0.159. The summed E-state index contributed by atoms with van der Waals surface area (Å²) in [6.07, 6.45) is 0. The highest BCUT2D eigenvalue weighted by Gasteiger charge is 2.48. The van der Waals surface area contributed by atoms with E-state index in [1.807, 2.05) is 12.1 Å². The second-order valence-electron chi connectivity index (χ2n) is 6.53. The molecule has 0 fully saturated rings. The smallest absolute Gasteiger partial charge is 0.313 e. The fourth-order valence-corrected chi connectivity index (χ4v) is 3.63. The van der Waals surface area contributed by atoms with E-state index in [1.54, 1.807) is 55.1 Å². The highest BCUT2D eigenvalue weighted by molar-refractivity contribution is 6.30. The van der Waals surface area contributed by atoms with Crippen LogP contribution in [-0.4, -0.2) is 27.4 Å². The van der Waals surface area contributed by atoms with Gasteiger partial charge in [-0.3, -0.25) is 9.59 Å². The van der Waals surface area contributed by atoms with E-state index in [9.17, 15) is 14.7 Å². The number of nitrogens with zero attached hydrogens (tertiary/aromatic N) is 1. The third-order valence-electron chi connectivity index (χ3n) is 4.63. The Balaban J connectivity index is 2.09. The van der Waals surface area contributed by atoms with E-state index in [4.69, 9.17) is 11.6 Å². The van der Waals surface area contributed by atoms with Crippen LogP contribution in [0.15, 0.2) is 48.5 Å². The fraction of sp³-hybridized carbons (Fsp3) is 0.263. The molecule has 0 aromatic heterocycles. The minimum Gasteiger partial charge on any atom is -0.481 e. The summed E-state index contributed by atoms with van der Waals surface area (Å²) in [6, 6.07) is 14.2. The number of fused-ring (bicyclic) bond motifs is 1. The van der Waals surface area contributed by atoms with E-state index in [0.29, 0.717) is 22.7 Å². The maximum Gasteiger partial charge on any atom is 0.313 e. The molecule has 0 bridgehead atoms. The van der Waals surface area contributed by atoms with E-state index < -0.39 is 17.4 Å². The van der Waals surface area contributed by atoms with Crippen molar-refractivity contribution in [2.45, 2.75) is 31.8 Å². The topological polar surface area (TPSA) is 57.6 Å². The van der Waals surface area contributed by atoms with Crippen molar-refractivity contribution in [2.75, 3.05) is 0 Å². The van der Waals surface area contributed by atoms with Gasteiger partial charge in [-0.05, 0) is 43.2 Å². The van der Waals surface area contributed by atoms with Crippen LogP contribution in [0.4, 0.5) is 0 Å². The number of hydrogen-bond acceptors (Lipinski definition) is 2. The fourth-order valence-electron chi connectivity index (χ4n) is 3.42. The number of halogens is 1. The van der Waals surface area contributed by atoms with E-state index in [2.05, 4.69) is 0 Å². The zero-order chi connectivity index (χ0) is 17.5. The van der Waals surface area contributed by atoms with Crippen molar-refractivity contribution in [1.82, 2.24) is 4.90 Å². The molecule has 0 spiro atoms. The summed E-state index contributed by atoms with van der Waals surface area (Å²) >= 11 is 6.03. The summed E-state index contributed by atoms with van der Waals surface area (Å²) in [5, 5.41) is 10.4. The molecule has 3 rings (SSSR count). The molecule has 1 unspecified atom stereocenters. The second kappa shape index (κ2) is 5.95. The molecular weight excluding hydrogens is 326 g/mol. The lowest BCUT2D eigenvalue weighted by molar-refractivity contribution is -0.142. The lowest BCUT2D eigenvalue weighted by atomic mass is 9.74. The minimum atomic E-state index is -0.934. The highest BCUT2D eigenvalue weighted by Crippen LogP contribution is 2.41. The summed E-state index contributed by atoms with van der Waals surface area (Å²) in [5.74, 6) is -1.88. The van der Waals surface area contributed by atoms with E-state index >= 15 is 0 Å². The van der Waals surface area contributed by atoms with Crippen LogP contribution < -0.4 is 0 Å². The first kappa shape index (κ1) is 16.5. The highest BCUT2D eigenvalue weighted by atomic mass is 35.5. The van der Waals surface area contributed by atoms with Crippen molar-refractivity contribution in [3.63, 3.8) is 0 Å².